The van der Waals surface area contributed by atoms with Crippen LogP contribution >= 0.6 is 15.9 Å². The molecule has 0 radical (unpaired) electrons. The first-order chi connectivity index (χ1) is 17.5. The van der Waals surface area contributed by atoms with Crippen molar-refractivity contribution in [1.29, 1.82) is 0 Å². The van der Waals surface area contributed by atoms with Crippen molar-refractivity contribution in [2.45, 2.75) is 77.9 Å². The van der Waals surface area contributed by atoms with E-state index in [0.717, 1.165) is 46.8 Å². The highest BCUT2D eigenvalue weighted by Gasteiger charge is 2.29. The average Bonchev–Trinajstić information content (AvgIpc) is 3.34. The Morgan fingerprint density at radius 3 is 2.43 bits per heavy atom. The smallest absolute Gasteiger partial charge is 0.242 e. The molecule has 37 heavy (non-hydrogen) atoms. The number of carbonyl (C=O) groups is 2. The molecule has 0 unspecified atom stereocenters. The van der Waals surface area contributed by atoms with Gasteiger partial charge in [-0.05, 0) is 74.9 Å². The normalized spacial score (nSPS) is 14.8. The number of nitrogens with zero attached hydrogens (tertiary/aromatic N) is 2. The SMILES string of the molecule is Cc1cccc(N(CCCC(=O)N(Cc2cccc(Br)c2)[C@H](C)C(=O)NC2CCCC2)S(C)(=O)=O)c1C. The second-order valence-corrected chi connectivity index (χ2v) is 12.8. The van der Waals surface area contributed by atoms with Crippen LogP contribution in [0, 0.1) is 13.8 Å². The van der Waals surface area contributed by atoms with Crippen LogP contribution in [-0.4, -0.2) is 50.0 Å². The molecule has 3 rings (SSSR count). The van der Waals surface area contributed by atoms with E-state index in [4.69, 9.17) is 0 Å². The van der Waals surface area contributed by atoms with Crippen molar-refractivity contribution in [1.82, 2.24) is 10.2 Å². The van der Waals surface area contributed by atoms with E-state index in [1.54, 1.807) is 17.9 Å². The Hall–Kier alpha value is -2.39. The molecule has 0 bridgehead atoms. The molecule has 7 nitrogen and oxygen atoms in total. The highest BCUT2D eigenvalue weighted by atomic mass is 79.9. The highest BCUT2D eigenvalue weighted by molar-refractivity contribution is 9.10. The van der Waals surface area contributed by atoms with Crippen molar-refractivity contribution in [2.24, 2.45) is 0 Å². The van der Waals surface area contributed by atoms with Gasteiger partial charge in [-0.1, -0.05) is 53.0 Å². The maximum atomic E-state index is 13.5. The van der Waals surface area contributed by atoms with Gasteiger partial charge in [0.1, 0.15) is 6.04 Å². The minimum atomic E-state index is -3.53. The first-order valence-electron chi connectivity index (χ1n) is 12.9. The van der Waals surface area contributed by atoms with Crippen LogP contribution in [0.2, 0.25) is 0 Å². The molecule has 1 aliphatic rings. The van der Waals surface area contributed by atoms with Crippen LogP contribution < -0.4 is 9.62 Å². The van der Waals surface area contributed by atoms with Crippen molar-refractivity contribution in [3.8, 4) is 0 Å². The van der Waals surface area contributed by atoms with Crippen molar-refractivity contribution >= 4 is 43.5 Å². The maximum Gasteiger partial charge on any atom is 0.242 e. The zero-order valence-electron chi connectivity index (χ0n) is 22.2. The Morgan fingerprint density at radius 1 is 1.11 bits per heavy atom. The molecule has 1 fully saturated rings. The van der Waals surface area contributed by atoms with Gasteiger partial charge in [-0.25, -0.2) is 8.42 Å². The molecule has 1 atom stereocenters. The number of rotatable bonds is 11. The number of carbonyl (C=O) groups excluding carboxylic acids is 2. The molecule has 1 aliphatic carbocycles. The summed E-state index contributed by atoms with van der Waals surface area (Å²) in [7, 11) is -3.53. The minimum absolute atomic E-state index is 0.131. The van der Waals surface area contributed by atoms with Crippen LogP contribution in [0.5, 0.6) is 0 Å². The largest absolute Gasteiger partial charge is 0.352 e. The lowest BCUT2D eigenvalue weighted by Crippen LogP contribution is -2.49. The summed E-state index contributed by atoms with van der Waals surface area (Å²) in [6.07, 6.45) is 5.81. The fourth-order valence-electron chi connectivity index (χ4n) is 4.79. The number of hydrogen-bond acceptors (Lipinski definition) is 4. The summed E-state index contributed by atoms with van der Waals surface area (Å²) in [6, 6.07) is 12.8. The summed E-state index contributed by atoms with van der Waals surface area (Å²) in [6.45, 7) is 6.09. The molecular weight excluding hydrogens is 554 g/mol. The van der Waals surface area contributed by atoms with E-state index < -0.39 is 16.1 Å². The molecule has 1 saturated carbocycles. The third kappa shape index (κ3) is 8.04. The van der Waals surface area contributed by atoms with Gasteiger partial charge in [0.2, 0.25) is 21.8 Å². The molecule has 0 heterocycles. The Balaban J connectivity index is 1.74. The third-order valence-corrected chi connectivity index (χ3v) is 8.78. The highest BCUT2D eigenvalue weighted by Crippen LogP contribution is 2.26. The van der Waals surface area contributed by atoms with Gasteiger partial charge in [0, 0.05) is 30.0 Å². The van der Waals surface area contributed by atoms with E-state index >= 15 is 0 Å². The summed E-state index contributed by atoms with van der Waals surface area (Å²) in [5, 5.41) is 3.11. The Kier molecular flexibility index (Phi) is 10.2. The molecule has 2 aromatic carbocycles. The molecule has 2 aromatic rings. The van der Waals surface area contributed by atoms with Gasteiger partial charge in [0.05, 0.1) is 11.9 Å². The van der Waals surface area contributed by atoms with Gasteiger partial charge in [-0.2, -0.15) is 0 Å². The van der Waals surface area contributed by atoms with Gasteiger partial charge < -0.3 is 10.2 Å². The van der Waals surface area contributed by atoms with Crippen molar-refractivity contribution in [3.63, 3.8) is 0 Å². The Morgan fingerprint density at radius 2 is 1.78 bits per heavy atom. The van der Waals surface area contributed by atoms with Gasteiger partial charge in [0.15, 0.2) is 0 Å². The van der Waals surface area contributed by atoms with Crippen molar-refractivity contribution in [2.75, 3.05) is 17.1 Å². The molecule has 9 heteroatoms. The topological polar surface area (TPSA) is 86.8 Å². The molecule has 0 aliphatic heterocycles. The zero-order chi connectivity index (χ0) is 27.2. The van der Waals surface area contributed by atoms with Crippen molar-refractivity contribution in [3.05, 3.63) is 63.6 Å². The van der Waals surface area contributed by atoms with Crippen molar-refractivity contribution < 1.29 is 18.0 Å². The number of sulfonamides is 1. The van der Waals surface area contributed by atoms with E-state index in [1.165, 1.54) is 10.6 Å². The fraction of sp³-hybridized carbons (Fsp3) is 0.500. The lowest BCUT2D eigenvalue weighted by molar-refractivity contribution is -0.141. The summed E-state index contributed by atoms with van der Waals surface area (Å²) in [5.41, 5.74) is 3.44. The van der Waals surface area contributed by atoms with Crippen LogP contribution in [0.15, 0.2) is 46.9 Å². The predicted molar refractivity (Wildman–Crippen MR) is 152 cm³/mol. The van der Waals surface area contributed by atoms with Gasteiger partial charge in [-0.3, -0.25) is 13.9 Å². The number of benzene rings is 2. The first kappa shape index (κ1) is 29.2. The lowest BCUT2D eigenvalue weighted by Gasteiger charge is -2.30. The molecule has 0 saturated heterocycles. The van der Waals surface area contributed by atoms with Crippen LogP contribution in [0.3, 0.4) is 0 Å². The number of amides is 2. The number of nitrogens with one attached hydrogen (secondary N) is 1. The van der Waals surface area contributed by atoms with Crippen LogP contribution in [0.4, 0.5) is 5.69 Å². The Labute approximate surface area is 229 Å². The molecule has 2 amide bonds. The monoisotopic (exact) mass is 591 g/mol. The number of aryl methyl sites for hydroxylation is 1. The zero-order valence-corrected chi connectivity index (χ0v) is 24.6. The number of anilines is 1. The minimum Gasteiger partial charge on any atom is -0.352 e. The van der Waals surface area contributed by atoms with E-state index in [0.29, 0.717) is 18.7 Å². The second-order valence-electron chi connectivity index (χ2n) is 9.98. The molecule has 0 spiro atoms. The van der Waals surface area contributed by atoms with Crippen LogP contribution in [0.25, 0.3) is 0 Å². The molecule has 0 aromatic heterocycles. The Bertz CT molecular complexity index is 1210. The molecular formula is C28H38BrN3O4S. The molecule has 1 N–H and O–H groups in total. The maximum absolute atomic E-state index is 13.5. The second kappa shape index (κ2) is 12.9. The summed E-state index contributed by atoms with van der Waals surface area (Å²) in [4.78, 5) is 28.1. The molecule has 202 valence electrons. The predicted octanol–water partition coefficient (Wildman–Crippen LogP) is 5.09. The van der Waals surface area contributed by atoms with Crippen LogP contribution in [-0.2, 0) is 26.2 Å². The quantitative estimate of drug-likeness (QED) is 0.394. The van der Waals surface area contributed by atoms with Gasteiger partial charge in [-0.15, -0.1) is 0 Å². The third-order valence-electron chi connectivity index (χ3n) is 7.11. The standard InChI is InChI=1S/C28H38BrN3O4S/c1-20-10-7-15-26(21(20)2)32(37(4,35)36)17-9-16-27(33)31(19-23-11-8-12-24(29)18-23)22(3)28(34)30-25-13-5-6-14-25/h7-8,10-12,15,18,22,25H,5-6,9,13-14,16-17,19H2,1-4H3,(H,30,34)/t22-/m1/s1. The van der Waals surface area contributed by atoms with Crippen LogP contribution in [0.1, 0.15) is 62.1 Å². The summed E-state index contributed by atoms with van der Waals surface area (Å²) >= 11 is 3.48. The average molecular weight is 593 g/mol. The number of hydrogen-bond donors (Lipinski definition) is 1. The van der Waals surface area contributed by atoms with Gasteiger partial charge >= 0.3 is 0 Å². The summed E-state index contributed by atoms with van der Waals surface area (Å²) in [5.74, 6) is -0.327. The van der Waals surface area contributed by atoms with E-state index in [9.17, 15) is 18.0 Å². The summed E-state index contributed by atoms with van der Waals surface area (Å²) < 4.78 is 27.5. The van der Waals surface area contributed by atoms with E-state index in [-0.39, 0.29) is 30.8 Å². The van der Waals surface area contributed by atoms with Gasteiger partial charge in [0.25, 0.3) is 0 Å². The lowest BCUT2D eigenvalue weighted by atomic mass is 10.1. The first-order valence-corrected chi connectivity index (χ1v) is 15.5. The number of halogens is 1. The fourth-order valence-corrected chi connectivity index (χ4v) is 6.26. The van der Waals surface area contributed by atoms with E-state index in [2.05, 4.69) is 21.2 Å². The van der Waals surface area contributed by atoms with E-state index in [1.807, 2.05) is 50.2 Å².